The molecule has 0 bridgehead atoms. The molecule has 0 aliphatic heterocycles. The van der Waals surface area contributed by atoms with Crippen LogP contribution in [0.5, 0.6) is 0 Å². The summed E-state index contributed by atoms with van der Waals surface area (Å²) in [5.74, 6) is -0.232. The van der Waals surface area contributed by atoms with Crippen molar-refractivity contribution in [2.75, 3.05) is 10.6 Å². The molecule has 22 heavy (non-hydrogen) atoms. The Morgan fingerprint density at radius 3 is 2.68 bits per heavy atom. The predicted molar refractivity (Wildman–Crippen MR) is 86.3 cm³/mol. The zero-order valence-electron chi connectivity index (χ0n) is 12.2. The lowest BCUT2D eigenvalue weighted by Crippen LogP contribution is -2.13. The van der Waals surface area contributed by atoms with Crippen LogP contribution in [-0.2, 0) is 4.79 Å². The number of rotatable bonds is 6. The van der Waals surface area contributed by atoms with Gasteiger partial charge in [0, 0.05) is 12.1 Å². The first-order valence-corrected chi connectivity index (χ1v) is 7.42. The molecule has 116 valence electrons. The summed E-state index contributed by atoms with van der Waals surface area (Å²) in [4.78, 5) is 23.5. The van der Waals surface area contributed by atoms with E-state index in [0.29, 0.717) is 22.8 Å². The molecule has 1 heterocycles. The highest BCUT2D eigenvalue weighted by molar-refractivity contribution is 6.34. The Hall–Kier alpha value is -2.27. The molecule has 1 aromatic carbocycles. The lowest BCUT2D eigenvalue weighted by molar-refractivity contribution is -0.116. The van der Waals surface area contributed by atoms with Crippen molar-refractivity contribution in [3.63, 3.8) is 0 Å². The Morgan fingerprint density at radius 2 is 2.05 bits per heavy atom. The van der Waals surface area contributed by atoms with Crippen LogP contribution in [0.3, 0.4) is 0 Å². The number of unbranched alkanes of at least 4 members (excludes halogenated alkanes) is 1. The van der Waals surface area contributed by atoms with Gasteiger partial charge >= 0.3 is 0 Å². The monoisotopic (exact) mass is 320 g/mol. The van der Waals surface area contributed by atoms with Crippen molar-refractivity contribution in [2.24, 2.45) is 0 Å². The minimum Gasteiger partial charge on any atom is -0.459 e. The minimum absolute atomic E-state index is 0.0507. The number of benzene rings is 1. The van der Waals surface area contributed by atoms with E-state index >= 15 is 0 Å². The summed E-state index contributed by atoms with van der Waals surface area (Å²) in [5.41, 5.74) is 1.05. The minimum atomic E-state index is -0.383. The standard InChI is InChI=1S/C16H17ClN2O3/c1-2-3-6-15(20)18-11-7-8-13(12(17)10-11)19-16(21)14-5-4-9-22-14/h4-5,7-10H,2-3,6H2,1H3,(H,18,20)(H,19,21). The van der Waals surface area contributed by atoms with Gasteiger partial charge in [0.2, 0.25) is 5.91 Å². The lowest BCUT2D eigenvalue weighted by Gasteiger charge is -2.09. The largest absolute Gasteiger partial charge is 0.459 e. The van der Waals surface area contributed by atoms with Crippen molar-refractivity contribution in [1.29, 1.82) is 0 Å². The van der Waals surface area contributed by atoms with Crippen LogP contribution in [0, 0.1) is 0 Å². The highest BCUT2D eigenvalue weighted by Crippen LogP contribution is 2.26. The molecule has 1 aromatic heterocycles. The van der Waals surface area contributed by atoms with Crippen molar-refractivity contribution in [2.45, 2.75) is 26.2 Å². The van der Waals surface area contributed by atoms with Crippen LogP contribution in [0.4, 0.5) is 11.4 Å². The van der Waals surface area contributed by atoms with Crippen molar-refractivity contribution in [3.8, 4) is 0 Å². The number of carbonyl (C=O) groups is 2. The van der Waals surface area contributed by atoms with Crippen molar-refractivity contribution >= 4 is 34.8 Å². The second-order valence-corrected chi connectivity index (χ2v) is 5.18. The van der Waals surface area contributed by atoms with Gasteiger partial charge < -0.3 is 15.1 Å². The van der Waals surface area contributed by atoms with Gasteiger partial charge in [-0.1, -0.05) is 24.9 Å². The van der Waals surface area contributed by atoms with E-state index in [1.54, 1.807) is 30.3 Å². The Kier molecular flexibility index (Phi) is 5.61. The summed E-state index contributed by atoms with van der Waals surface area (Å²) >= 11 is 6.13. The first kappa shape index (κ1) is 16.1. The fraction of sp³-hybridized carbons (Fsp3) is 0.250. The van der Waals surface area contributed by atoms with Gasteiger partial charge in [0.05, 0.1) is 17.0 Å². The Balaban J connectivity index is 2.00. The molecular formula is C16H17ClN2O3. The maximum absolute atomic E-state index is 11.9. The van der Waals surface area contributed by atoms with Crippen molar-refractivity contribution in [1.82, 2.24) is 0 Å². The number of furan rings is 1. The van der Waals surface area contributed by atoms with Gasteiger partial charge in [0.25, 0.3) is 5.91 Å². The SMILES string of the molecule is CCCCC(=O)Nc1ccc(NC(=O)c2ccco2)c(Cl)c1. The van der Waals surface area contributed by atoms with Gasteiger partial charge in [-0.2, -0.15) is 0 Å². The number of hydrogen-bond donors (Lipinski definition) is 2. The number of anilines is 2. The zero-order valence-corrected chi connectivity index (χ0v) is 12.9. The average Bonchev–Trinajstić information content (AvgIpc) is 3.02. The van der Waals surface area contributed by atoms with E-state index in [-0.39, 0.29) is 17.6 Å². The third-order valence-electron chi connectivity index (χ3n) is 3.00. The third kappa shape index (κ3) is 4.36. The van der Waals surface area contributed by atoms with Crippen LogP contribution in [0.2, 0.25) is 5.02 Å². The highest BCUT2D eigenvalue weighted by Gasteiger charge is 2.11. The number of halogens is 1. The van der Waals surface area contributed by atoms with Gasteiger partial charge in [0.15, 0.2) is 5.76 Å². The summed E-state index contributed by atoms with van der Waals surface area (Å²) in [7, 11) is 0. The first-order valence-electron chi connectivity index (χ1n) is 7.04. The molecule has 0 fully saturated rings. The molecule has 2 rings (SSSR count). The summed E-state index contributed by atoms with van der Waals surface area (Å²) in [6.45, 7) is 2.03. The molecule has 2 N–H and O–H groups in total. The number of hydrogen-bond acceptors (Lipinski definition) is 3. The molecule has 2 aromatic rings. The molecule has 0 aliphatic carbocycles. The van der Waals surface area contributed by atoms with Gasteiger partial charge in [-0.05, 0) is 36.8 Å². The van der Waals surface area contributed by atoms with Crippen molar-refractivity contribution in [3.05, 3.63) is 47.4 Å². The van der Waals surface area contributed by atoms with Gasteiger partial charge in [-0.3, -0.25) is 9.59 Å². The van der Waals surface area contributed by atoms with E-state index in [9.17, 15) is 9.59 Å². The molecule has 0 unspecified atom stereocenters. The van der Waals surface area contributed by atoms with Gasteiger partial charge in [-0.15, -0.1) is 0 Å². The molecule has 0 saturated carbocycles. The third-order valence-corrected chi connectivity index (χ3v) is 3.32. The van der Waals surface area contributed by atoms with Crippen LogP contribution in [0.1, 0.15) is 36.7 Å². The van der Waals surface area contributed by atoms with Crippen molar-refractivity contribution < 1.29 is 14.0 Å². The van der Waals surface area contributed by atoms with E-state index in [1.165, 1.54) is 6.26 Å². The molecule has 0 aliphatic rings. The quantitative estimate of drug-likeness (QED) is 0.833. The van der Waals surface area contributed by atoms with E-state index < -0.39 is 0 Å². The fourth-order valence-corrected chi connectivity index (χ4v) is 2.07. The second kappa shape index (κ2) is 7.66. The van der Waals surface area contributed by atoms with E-state index in [2.05, 4.69) is 10.6 Å². The normalized spacial score (nSPS) is 10.3. The molecule has 5 nitrogen and oxygen atoms in total. The van der Waals surface area contributed by atoms with Crippen LogP contribution in [-0.4, -0.2) is 11.8 Å². The van der Waals surface area contributed by atoms with E-state index in [4.69, 9.17) is 16.0 Å². The van der Waals surface area contributed by atoms with Gasteiger partial charge in [-0.25, -0.2) is 0 Å². The van der Waals surface area contributed by atoms with Crippen LogP contribution in [0.15, 0.2) is 41.0 Å². The van der Waals surface area contributed by atoms with Gasteiger partial charge in [0.1, 0.15) is 0 Å². The second-order valence-electron chi connectivity index (χ2n) is 4.78. The molecule has 0 spiro atoms. The van der Waals surface area contributed by atoms with Crippen LogP contribution < -0.4 is 10.6 Å². The Bertz CT molecular complexity index is 653. The first-order chi connectivity index (χ1) is 10.6. The molecule has 0 radical (unpaired) electrons. The maximum Gasteiger partial charge on any atom is 0.291 e. The molecule has 0 atom stereocenters. The van der Waals surface area contributed by atoms with E-state index in [0.717, 1.165) is 12.8 Å². The smallest absolute Gasteiger partial charge is 0.291 e. The molecule has 0 saturated heterocycles. The number of carbonyl (C=O) groups excluding carboxylic acids is 2. The molecule has 6 heteroatoms. The molecule has 2 amide bonds. The highest BCUT2D eigenvalue weighted by atomic mass is 35.5. The summed E-state index contributed by atoms with van der Waals surface area (Å²) in [5, 5.41) is 5.76. The Morgan fingerprint density at radius 1 is 1.23 bits per heavy atom. The summed E-state index contributed by atoms with van der Waals surface area (Å²) in [6, 6.07) is 8.12. The maximum atomic E-state index is 11.9. The van der Waals surface area contributed by atoms with Crippen LogP contribution >= 0.6 is 11.6 Å². The average molecular weight is 321 g/mol. The molecular weight excluding hydrogens is 304 g/mol. The fourth-order valence-electron chi connectivity index (χ4n) is 1.85. The number of nitrogens with one attached hydrogen (secondary N) is 2. The Labute approximate surface area is 133 Å². The zero-order chi connectivity index (χ0) is 15.9. The van der Waals surface area contributed by atoms with E-state index in [1.807, 2.05) is 6.92 Å². The summed E-state index contributed by atoms with van der Waals surface area (Å²) < 4.78 is 5.01. The number of amides is 2. The predicted octanol–water partition coefficient (Wildman–Crippen LogP) is 4.31. The lowest BCUT2D eigenvalue weighted by atomic mass is 10.2. The van der Waals surface area contributed by atoms with Crippen LogP contribution in [0.25, 0.3) is 0 Å². The topological polar surface area (TPSA) is 71.3 Å². The summed E-state index contributed by atoms with van der Waals surface area (Å²) in [6.07, 6.45) is 3.71.